The maximum Gasteiger partial charge on any atom is 0.253 e. The lowest BCUT2D eigenvalue weighted by Gasteiger charge is -2.09. The van der Waals surface area contributed by atoms with Crippen molar-refractivity contribution in [2.75, 3.05) is 20.2 Å². The van der Waals surface area contributed by atoms with E-state index in [2.05, 4.69) is 10.6 Å². The number of nitrogens with zero attached hydrogens (tertiary/aromatic N) is 1. The maximum absolute atomic E-state index is 12.4. The fourth-order valence-corrected chi connectivity index (χ4v) is 3.24. The quantitative estimate of drug-likeness (QED) is 0.591. The van der Waals surface area contributed by atoms with Gasteiger partial charge in [-0.25, -0.2) is 0 Å². The molecule has 28 heavy (non-hydrogen) atoms. The molecular formula is C22H25N3O3. The van der Waals surface area contributed by atoms with Crippen LogP contribution in [0.4, 0.5) is 0 Å². The van der Waals surface area contributed by atoms with E-state index in [4.69, 9.17) is 4.74 Å². The van der Waals surface area contributed by atoms with Crippen molar-refractivity contribution < 1.29 is 14.3 Å². The van der Waals surface area contributed by atoms with Gasteiger partial charge in [-0.15, -0.1) is 0 Å². The molecule has 0 saturated heterocycles. The van der Waals surface area contributed by atoms with Crippen molar-refractivity contribution >= 4 is 22.7 Å². The zero-order chi connectivity index (χ0) is 19.9. The number of amides is 2. The van der Waals surface area contributed by atoms with Crippen LogP contribution in [-0.4, -0.2) is 36.6 Å². The number of hydrogen-bond acceptors (Lipinski definition) is 3. The predicted octanol–water partition coefficient (Wildman–Crippen LogP) is 2.67. The Labute approximate surface area is 164 Å². The normalized spacial score (nSPS) is 10.6. The molecule has 0 radical (unpaired) electrons. The van der Waals surface area contributed by atoms with Gasteiger partial charge in [-0.3, -0.25) is 9.59 Å². The lowest BCUT2D eigenvalue weighted by atomic mass is 10.1. The fraction of sp³-hybridized carbons (Fsp3) is 0.273. The van der Waals surface area contributed by atoms with Crippen LogP contribution in [0, 0.1) is 0 Å². The Morgan fingerprint density at radius 3 is 2.54 bits per heavy atom. The Morgan fingerprint density at radius 2 is 1.71 bits per heavy atom. The van der Waals surface area contributed by atoms with Crippen molar-refractivity contribution in [3.05, 3.63) is 65.9 Å². The van der Waals surface area contributed by atoms with Gasteiger partial charge in [0, 0.05) is 43.7 Å². The molecule has 0 atom stereocenters. The number of methoxy groups -OCH3 is 1. The Kier molecular flexibility index (Phi) is 6.32. The molecule has 3 aromatic rings. The molecule has 3 rings (SSSR count). The molecule has 2 N–H and O–H groups in total. The van der Waals surface area contributed by atoms with E-state index in [9.17, 15) is 9.59 Å². The Hall–Kier alpha value is -3.28. The van der Waals surface area contributed by atoms with Crippen LogP contribution in [0.15, 0.2) is 54.7 Å². The monoisotopic (exact) mass is 379 g/mol. The number of carbonyl (C=O) groups is 2. The molecule has 1 heterocycles. The van der Waals surface area contributed by atoms with Crippen molar-refractivity contribution in [1.29, 1.82) is 0 Å². The average Bonchev–Trinajstić information content (AvgIpc) is 3.06. The summed E-state index contributed by atoms with van der Waals surface area (Å²) in [5.74, 6) is 0.600. The van der Waals surface area contributed by atoms with Crippen molar-refractivity contribution in [3.8, 4) is 5.75 Å². The number of hydrogen-bond donors (Lipinski definition) is 2. The summed E-state index contributed by atoms with van der Waals surface area (Å²) in [6.07, 6.45) is 2.81. The third-order valence-corrected chi connectivity index (χ3v) is 4.69. The zero-order valence-corrected chi connectivity index (χ0v) is 16.2. The lowest BCUT2D eigenvalue weighted by molar-refractivity contribution is -0.121. The summed E-state index contributed by atoms with van der Waals surface area (Å²) in [6.45, 7) is 0.768. The second-order valence-electron chi connectivity index (χ2n) is 6.59. The van der Waals surface area contributed by atoms with E-state index in [1.54, 1.807) is 7.11 Å². The number of benzene rings is 2. The lowest BCUT2D eigenvalue weighted by Crippen LogP contribution is -2.34. The van der Waals surface area contributed by atoms with Crippen LogP contribution in [0.2, 0.25) is 0 Å². The molecule has 2 amide bonds. The first-order valence-corrected chi connectivity index (χ1v) is 9.31. The van der Waals surface area contributed by atoms with Gasteiger partial charge in [0.1, 0.15) is 5.75 Å². The number of aromatic nitrogens is 1. The molecule has 146 valence electrons. The SMILES string of the molecule is COc1ccccc1CCC(=O)NCCNC(=O)c1cn(C)c2ccccc12. The minimum absolute atomic E-state index is 0.0506. The molecule has 0 aliphatic heterocycles. The van der Waals surface area contributed by atoms with E-state index in [-0.39, 0.29) is 11.8 Å². The molecule has 1 aromatic heterocycles. The summed E-state index contributed by atoms with van der Waals surface area (Å²) in [6, 6.07) is 15.5. The van der Waals surface area contributed by atoms with Gasteiger partial charge in [-0.05, 0) is 24.1 Å². The number of aryl methyl sites for hydroxylation is 2. The van der Waals surface area contributed by atoms with E-state index in [1.165, 1.54) is 0 Å². The van der Waals surface area contributed by atoms with Crippen LogP contribution in [0.1, 0.15) is 22.3 Å². The van der Waals surface area contributed by atoms with E-state index >= 15 is 0 Å². The molecule has 0 spiro atoms. The number of fused-ring (bicyclic) bond motifs is 1. The third-order valence-electron chi connectivity index (χ3n) is 4.69. The van der Waals surface area contributed by atoms with Crippen molar-refractivity contribution in [2.45, 2.75) is 12.8 Å². The predicted molar refractivity (Wildman–Crippen MR) is 110 cm³/mol. The molecule has 0 fully saturated rings. The van der Waals surface area contributed by atoms with Crippen LogP contribution >= 0.6 is 0 Å². The van der Waals surface area contributed by atoms with Gasteiger partial charge in [0.15, 0.2) is 0 Å². The number of para-hydroxylation sites is 2. The van der Waals surface area contributed by atoms with E-state index in [0.717, 1.165) is 22.2 Å². The summed E-state index contributed by atoms with van der Waals surface area (Å²) in [7, 11) is 3.54. The fourth-order valence-electron chi connectivity index (χ4n) is 3.24. The first-order valence-electron chi connectivity index (χ1n) is 9.31. The highest BCUT2D eigenvalue weighted by molar-refractivity contribution is 6.06. The molecule has 0 saturated carbocycles. The highest BCUT2D eigenvalue weighted by Crippen LogP contribution is 2.20. The minimum atomic E-state index is -0.139. The maximum atomic E-state index is 12.4. The van der Waals surface area contributed by atoms with Gasteiger partial charge >= 0.3 is 0 Å². The summed E-state index contributed by atoms with van der Waals surface area (Å²) in [5.41, 5.74) is 2.65. The smallest absolute Gasteiger partial charge is 0.253 e. The highest BCUT2D eigenvalue weighted by Gasteiger charge is 2.13. The topological polar surface area (TPSA) is 72.4 Å². The van der Waals surface area contributed by atoms with Gasteiger partial charge in [0.05, 0.1) is 12.7 Å². The second kappa shape index (κ2) is 9.08. The summed E-state index contributed by atoms with van der Waals surface area (Å²) >= 11 is 0. The number of carbonyl (C=O) groups excluding carboxylic acids is 2. The Bertz CT molecular complexity index is 978. The number of rotatable bonds is 8. The summed E-state index contributed by atoms with van der Waals surface area (Å²) in [4.78, 5) is 24.5. The standard InChI is InChI=1S/C22H25N3O3/c1-25-15-18(17-8-4-5-9-19(17)25)22(27)24-14-13-23-21(26)12-11-16-7-3-6-10-20(16)28-2/h3-10,15H,11-14H2,1-2H3,(H,23,26)(H,24,27). The van der Waals surface area contributed by atoms with Crippen molar-refractivity contribution in [1.82, 2.24) is 15.2 Å². The first-order chi connectivity index (χ1) is 13.6. The molecule has 2 aromatic carbocycles. The summed E-state index contributed by atoms with van der Waals surface area (Å²) < 4.78 is 7.23. The first kappa shape index (κ1) is 19.5. The van der Waals surface area contributed by atoms with Crippen molar-refractivity contribution in [2.24, 2.45) is 7.05 Å². The number of nitrogens with one attached hydrogen (secondary N) is 2. The van der Waals surface area contributed by atoms with Crippen LogP contribution < -0.4 is 15.4 Å². The zero-order valence-electron chi connectivity index (χ0n) is 16.2. The summed E-state index contributed by atoms with van der Waals surface area (Å²) in [5, 5.41) is 6.62. The molecule has 6 heteroatoms. The van der Waals surface area contributed by atoms with Crippen LogP contribution in [-0.2, 0) is 18.3 Å². The van der Waals surface area contributed by atoms with Gasteiger partial charge in [-0.2, -0.15) is 0 Å². The van der Waals surface area contributed by atoms with Crippen LogP contribution in [0.25, 0.3) is 10.9 Å². The van der Waals surface area contributed by atoms with Crippen LogP contribution in [0.5, 0.6) is 5.75 Å². The molecule has 0 aliphatic rings. The molecule has 0 unspecified atom stereocenters. The largest absolute Gasteiger partial charge is 0.496 e. The van der Waals surface area contributed by atoms with E-state index in [0.29, 0.717) is 31.5 Å². The van der Waals surface area contributed by atoms with Gasteiger partial charge in [-0.1, -0.05) is 36.4 Å². The average molecular weight is 379 g/mol. The van der Waals surface area contributed by atoms with Gasteiger partial charge in [0.25, 0.3) is 5.91 Å². The Balaban J connectivity index is 1.44. The minimum Gasteiger partial charge on any atom is -0.496 e. The molecule has 6 nitrogen and oxygen atoms in total. The van der Waals surface area contributed by atoms with Crippen molar-refractivity contribution in [3.63, 3.8) is 0 Å². The molecule has 0 aliphatic carbocycles. The number of ether oxygens (including phenoxy) is 1. The second-order valence-corrected chi connectivity index (χ2v) is 6.59. The van der Waals surface area contributed by atoms with E-state index in [1.807, 2.05) is 66.3 Å². The van der Waals surface area contributed by atoms with Gasteiger partial charge in [0.2, 0.25) is 5.91 Å². The highest BCUT2D eigenvalue weighted by atomic mass is 16.5. The van der Waals surface area contributed by atoms with E-state index < -0.39 is 0 Å². The van der Waals surface area contributed by atoms with Crippen LogP contribution in [0.3, 0.4) is 0 Å². The Morgan fingerprint density at radius 1 is 1.00 bits per heavy atom. The third kappa shape index (κ3) is 4.52. The molecular weight excluding hydrogens is 354 g/mol. The van der Waals surface area contributed by atoms with Gasteiger partial charge < -0.3 is 19.9 Å². The molecule has 0 bridgehead atoms.